The Balaban J connectivity index is 1.78. The summed E-state index contributed by atoms with van der Waals surface area (Å²) in [5.41, 5.74) is 1.66. The van der Waals surface area contributed by atoms with E-state index in [0.29, 0.717) is 16.5 Å². The van der Waals surface area contributed by atoms with Crippen molar-refractivity contribution in [3.05, 3.63) is 70.2 Å². The molecule has 23 heavy (non-hydrogen) atoms. The van der Waals surface area contributed by atoms with Crippen LogP contribution in [0, 0.1) is 0 Å². The lowest BCUT2D eigenvalue weighted by atomic mass is 10.2. The Kier molecular flexibility index (Phi) is 4.64. The molecule has 0 bridgehead atoms. The van der Waals surface area contributed by atoms with Crippen LogP contribution in [-0.2, 0) is 0 Å². The van der Waals surface area contributed by atoms with E-state index in [1.807, 2.05) is 0 Å². The molecule has 3 aromatic rings. The van der Waals surface area contributed by atoms with Crippen LogP contribution < -0.4 is 5.32 Å². The molecule has 3 rings (SSSR count). The van der Waals surface area contributed by atoms with E-state index < -0.39 is 0 Å². The minimum absolute atomic E-state index is 0.283. The zero-order valence-electron chi connectivity index (χ0n) is 11.7. The molecule has 0 aliphatic rings. The van der Waals surface area contributed by atoms with Crippen molar-refractivity contribution in [1.82, 2.24) is 15.0 Å². The molecule has 1 N–H and O–H groups in total. The molecule has 0 saturated carbocycles. The normalized spacial score (nSPS) is 10.3. The van der Waals surface area contributed by atoms with Crippen molar-refractivity contribution >= 4 is 39.3 Å². The molecule has 0 atom stereocenters. The zero-order chi connectivity index (χ0) is 16.2. The summed E-state index contributed by atoms with van der Waals surface area (Å²) in [5.74, 6) is 0.121. The summed E-state index contributed by atoms with van der Waals surface area (Å²) < 4.78 is 0.838. The molecule has 0 fully saturated rings. The SMILES string of the molecule is O=C(Nc1ccc(Br)cn1)c1ccc(-c2ncccc2Cl)cn1. The minimum Gasteiger partial charge on any atom is -0.305 e. The van der Waals surface area contributed by atoms with Crippen LogP contribution in [0.2, 0.25) is 5.02 Å². The van der Waals surface area contributed by atoms with Crippen molar-refractivity contribution in [3.8, 4) is 11.3 Å². The van der Waals surface area contributed by atoms with Crippen molar-refractivity contribution in [1.29, 1.82) is 0 Å². The molecule has 0 radical (unpaired) electrons. The molecule has 3 heterocycles. The summed E-state index contributed by atoms with van der Waals surface area (Å²) in [6, 6.07) is 10.4. The standard InChI is InChI=1S/C16H10BrClN4O/c17-11-4-6-14(21-9-11)22-16(23)13-5-3-10(8-20-13)15-12(18)2-1-7-19-15/h1-9H,(H,21,22,23). The molecule has 0 saturated heterocycles. The van der Waals surface area contributed by atoms with E-state index in [1.165, 1.54) is 0 Å². The lowest BCUT2D eigenvalue weighted by Gasteiger charge is -2.06. The first kappa shape index (κ1) is 15.6. The number of carbonyl (C=O) groups excluding carboxylic acids is 1. The maximum atomic E-state index is 12.1. The summed E-state index contributed by atoms with van der Waals surface area (Å²) in [6.07, 6.45) is 4.83. The van der Waals surface area contributed by atoms with Gasteiger partial charge in [0.2, 0.25) is 0 Å². The molecule has 3 aromatic heterocycles. The lowest BCUT2D eigenvalue weighted by Crippen LogP contribution is -2.14. The number of aromatic nitrogens is 3. The van der Waals surface area contributed by atoms with E-state index in [2.05, 4.69) is 36.2 Å². The fourth-order valence-corrected chi connectivity index (χ4v) is 2.36. The van der Waals surface area contributed by atoms with Crippen LogP contribution in [0.15, 0.2) is 59.5 Å². The summed E-state index contributed by atoms with van der Waals surface area (Å²) >= 11 is 9.39. The fraction of sp³-hybridized carbons (Fsp3) is 0. The first-order chi connectivity index (χ1) is 11.1. The van der Waals surface area contributed by atoms with Gasteiger partial charge in [0.15, 0.2) is 0 Å². The zero-order valence-corrected chi connectivity index (χ0v) is 14.0. The van der Waals surface area contributed by atoms with Crippen LogP contribution in [0.3, 0.4) is 0 Å². The maximum Gasteiger partial charge on any atom is 0.275 e. The number of halogens is 2. The van der Waals surface area contributed by atoms with Crippen LogP contribution in [0.25, 0.3) is 11.3 Å². The van der Waals surface area contributed by atoms with Gasteiger partial charge in [0.25, 0.3) is 5.91 Å². The molecular weight excluding hydrogens is 380 g/mol. The molecular formula is C16H10BrClN4O. The Morgan fingerprint density at radius 3 is 2.57 bits per heavy atom. The highest BCUT2D eigenvalue weighted by Gasteiger charge is 2.10. The third-order valence-electron chi connectivity index (χ3n) is 3.00. The third-order valence-corrected chi connectivity index (χ3v) is 3.77. The van der Waals surface area contributed by atoms with E-state index >= 15 is 0 Å². The van der Waals surface area contributed by atoms with Gasteiger partial charge in [0, 0.05) is 28.6 Å². The van der Waals surface area contributed by atoms with Crippen molar-refractivity contribution in [2.75, 3.05) is 5.32 Å². The molecule has 7 heteroatoms. The first-order valence-electron chi connectivity index (χ1n) is 6.63. The first-order valence-corrected chi connectivity index (χ1v) is 7.80. The van der Waals surface area contributed by atoms with Gasteiger partial charge in [0.1, 0.15) is 11.5 Å². The van der Waals surface area contributed by atoms with E-state index in [0.717, 1.165) is 10.0 Å². The molecule has 0 unspecified atom stereocenters. The van der Waals surface area contributed by atoms with Gasteiger partial charge in [-0.3, -0.25) is 14.8 Å². The van der Waals surface area contributed by atoms with Crippen LogP contribution in [-0.4, -0.2) is 20.9 Å². The van der Waals surface area contributed by atoms with Gasteiger partial charge in [-0.1, -0.05) is 11.6 Å². The second kappa shape index (κ2) is 6.85. The maximum absolute atomic E-state index is 12.1. The van der Waals surface area contributed by atoms with Gasteiger partial charge in [-0.05, 0) is 52.3 Å². The minimum atomic E-state index is -0.335. The second-order valence-corrected chi connectivity index (χ2v) is 5.90. The van der Waals surface area contributed by atoms with Crippen LogP contribution in [0.4, 0.5) is 5.82 Å². The number of nitrogens with one attached hydrogen (secondary N) is 1. The largest absolute Gasteiger partial charge is 0.305 e. The van der Waals surface area contributed by atoms with E-state index in [4.69, 9.17) is 11.6 Å². The Bertz CT molecular complexity index is 837. The van der Waals surface area contributed by atoms with Gasteiger partial charge in [-0.25, -0.2) is 4.98 Å². The molecule has 0 spiro atoms. The number of carbonyl (C=O) groups is 1. The number of pyridine rings is 3. The van der Waals surface area contributed by atoms with E-state index in [9.17, 15) is 4.79 Å². The Morgan fingerprint density at radius 1 is 1.04 bits per heavy atom. The number of anilines is 1. The predicted molar refractivity (Wildman–Crippen MR) is 92.4 cm³/mol. The fourth-order valence-electron chi connectivity index (χ4n) is 1.90. The molecule has 0 aliphatic heterocycles. The predicted octanol–water partition coefficient (Wildman–Crippen LogP) is 4.21. The Hall–Kier alpha value is -2.31. The average Bonchev–Trinajstić information content (AvgIpc) is 2.57. The van der Waals surface area contributed by atoms with Crippen molar-refractivity contribution < 1.29 is 4.79 Å². The van der Waals surface area contributed by atoms with Crippen molar-refractivity contribution in [2.24, 2.45) is 0 Å². The molecule has 0 aromatic carbocycles. The van der Waals surface area contributed by atoms with E-state index in [-0.39, 0.29) is 11.6 Å². The molecule has 114 valence electrons. The second-order valence-electron chi connectivity index (χ2n) is 4.58. The van der Waals surface area contributed by atoms with Crippen LogP contribution in [0.1, 0.15) is 10.5 Å². The highest BCUT2D eigenvalue weighted by Crippen LogP contribution is 2.24. The quantitative estimate of drug-likeness (QED) is 0.729. The smallest absolute Gasteiger partial charge is 0.275 e. The number of hydrogen-bond acceptors (Lipinski definition) is 4. The summed E-state index contributed by atoms with van der Waals surface area (Å²) in [4.78, 5) is 24.6. The number of rotatable bonds is 3. The Morgan fingerprint density at radius 2 is 1.91 bits per heavy atom. The third kappa shape index (κ3) is 3.72. The number of amides is 1. The van der Waals surface area contributed by atoms with Gasteiger partial charge in [-0.2, -0.15) is 0 Å². The molecule has 5 nitrogen and oxygen atoms in total. The van der Waals surface area contributed by atoms with Gasteiger partial charge >= 0.3 is 0 Å². The van der Waals surface area contributed by atoms with Crippen molar-refractivity contribution in [3.63, 3.8) is 0 Å². The molecule has 0 aliphatic carbocycles. The van der Waals surface area contributed by atoms with E-state index in [1.54, 1.807) is 55.0 Å². The van der Waals surface area contributed by atoms with Gasteiger partial charge < -0.3 is 5.32 Å². The monoisotopic (exact) mass is 388 g/mol. The van der Waals surface area contributed by atoms with Gasteiger partial charge in [0.05, 0.1) is 10.7 Å². The highest BCUT2D eigenvalue weighted by atomic mass is 79.9. The number of hydrogen-bond donors (Lipinski definition) is 1. The number of nitrogens with zero attached hydrogens (tertiary/aromatic N) is 3. The highest BCUT2D eigenvalue weighted by molar-refractivity contribution is 9.10. The van der Waals surface area contributed by atoms with Crippen molar-refractivity contribution in [2.45, 2.75) is 0 Å². The average molecular weight is 390 g/mol. The summed E-state index contributed by atoms with van der Waals surface area (Å²) in [7, 11) is 0. The summed E-state index contributed by atoms with van der Waals surface area (Å²) in [6.45, 7) is 0. The lowest BCUT2D eigenvalue weighted by molar-refractivity contribution is 0.102. The van der Waals surface area contributed by atoms with Crippen LogP contribution >= 0.6 is 27.5 Å². The molecule has 1 amide bonds. The topological polar surface area (TPSA) is 67.8 Å². The summed E-state index contributed by atoms with van der Waals surface area (Å²) in [5, 5.41) is 3.21. The van der Waals surface area contributed by atoms with Gasteiger partial charge in [-0.15, -0.1) is 0 Å². The Labute approximate surface area is 145 Å². The van der Waals surface area contributed by atoms with Crippen LogP contribution in [0.5, 0.6) is 0 Å².